The van der Waals surface area contributed by atoms with Gasteiger partial charge < -0.3 is 14.6 Å². The summed E-state index contributed by atoms with van der Waals surface area (Å²) in [5.41, 5.74) is 0.313. The van der Waals surface area contributed by atoms with Crippen molar-refractivity contribution >= 4 is 28.8 Å². The average molecular weight is 333 g/mol. The van der Waals surface area contributed by atoms with Crippen molar-refractivity contribution in [3.8, 4) is 17.6 Å². The highest BCUT2D eigenvalue weighted by Crippen LogP contribution is 2.36. The monoisotopic (exact) mass is 332 g/mol. The number of hydrogen-bond donors (Lipinski definition) is 1. The molecule has 0 saturated heterocycles. The van der Waals surface area contributed by atoms with E-state index in [0.29, 0.717) is 5.02 Å². The lowest BCUT2D eigenvalue weighted by Gasteiger charge is -2.08. The Morgan fingerprint density at radius 2 is 2.00 bits per heavy atom. The van der Waals surface area contributed by atoms with Gasteiger partial charge in [0.05, 0.1) is 11.3 Å². The number of pyridine rings is 1. The largest absolute Gasteiger partial charge is 0.520 e. The molecule has 3 rings (SSSR count). The molecular weight excluding hydrogens is 324 g/mol. The number of hydrogen-bond acceptors (Lipinski definition) is 7. The number of nitrogens with zero attached hydrogens (tertiary/aromatic N) is 4. The lowest BCUT2D eigenvalue weighted by atomic mass is 10.4. The molecule has 3 heterocycles. The minimum Gasteiger partial charge on any atom is -0.493 e. The maximum atomic E-state index is 11.6. The normalized spacial score (nSPS) is 10.5. The fourth-order valence-corrected chi connectivity index (χ4v) is 2.06. The Hall–Kier alpha value is -3.13. The van der Waals surface area contributed by atoms with E-state index in [2.05, 4.69) is 26.3 Å². The van der Waals surface area contributed by atoms with Crippen molar-refractivity contribution < 1.29 is 19.4 Å². The molecule has 3 aromatic heterocycles. The van der Waals surface area contributed by atoms with Crippen molar-refractivity contribution in [2.24, 2.45) is 0 Å². The van der Waals surface area contributed by atoms with Crippen LogP contribution in [0.5, 0.6) is 11.8 Å². The molecule has 0 saturated carbocycles. The standard InChI is InChI=1S/C14H9ClN4O4/c1-2-22-14(21)23-13-11-10(16-5-6-17-11)12(20)19(13)9-4-3-8(15)7-18-9/h2-7,20H,1H2. The van der Waals surface area contributed by atoms with Gasteiger partial charge in [0.15, 0.2) is 11.0 Å². The van der Waals surface area contributed by atoms with Crippen LogP contribution >= 0.6 is 11.6 Å². The molecule has 0 spiro atoms. The van der Waals surface area contributed by atoms with E-state index >= 15 is 0 Å². The van der Waals surface area contributed by atoms with E-state index < -0.39 is 6.16 Å². The van der Waals surface area contributed by atoms with Gasteiger partial charge in [-0.3, -0.25) is 0 Å². The van der Waals surface area contributed by atoms with Crippen LogP contribution in [0, 0.1) is 0 Å². The second kappa shape index (κ2) is 5.93. The average Bonchev–Trinajstić information content (AvgIpc) is 2.82. The van der Waals surface area contributed by atoms with Gasteiger partial charge in [0.2, 0.25) is 11.8 Å². The molecule has 0 fully saturated rings. The summed E-state index contributed by atoms with van der Waals surface area (Å²) in [4.78, 5) is 23.8. The molecule has 1 N–H and O–H groups in total. The van der Waals surface area contributed by atoms with Crippen LogP contribution in [-0.4, -0.2) is 30.8 Å². The van der Waals surface area contributed by atoms with E-state index in [1.54, 1.807) is 6.07 Å². The van der Waals surface area contributed by atoms with E-state index in [4.69, 9.17) is 16.3 Å². The van der Waals surface area contributed by atoms with Gasteiger partial charge in [-0.2, -0.15) is 0 Å². The van der Waals surface area contributed by atoms with Gasteiger partial charge >= 0.3 is 6.16 Å². The molecule has 0 radical (unpaired) electrons. The maximum Gasteiger partial charge on any atom is 0.520 e. The topological polar surface area (TPSA) is 99.4 Å². The molecule has 0 unspecified atom stereocenters. The Balaban J connectivity index is 2.22. The molecule has 0 aromatic carbocycles. The quantitative estimate of drug-likeness (QED) is 0.581. The highest BCUT2D eigenvalue weighted by molar-refractivity contribution is 6.30. The minimum atomic E-state index is -1.04. The number of carbonyl (C=O) groups excluding carboxylic acids is 1. The number of rotatable bonds is 3. The lowest BCUT2D eigenvalue weighted by molar-refractivity contribution is 0.133. The summed E-state index contributed by atoms with van der Waals surface area (Å²) in [7, 11) is 0. The summed E-state index contributed by atoms with van der Waals surface area (Å²) in [6.07, 6.45) is 4.05. The zero-order valence-electron chi connectivity index (χ0n) is 11.5. The van der Waals surface area contributed by atoms with Crippen molar-refractivity contribution in [3.05, 3.63) is 48.6 Å². The number of aromatic nitrogens is 4. The third kappa shape index (κ3) is 2.67. The summed E-state index contributed by atoms with van der Waals surface area (Å²) < 4.78 is 10.8. The van der Waals surface area contributed by atoms with Crippen LogP contribution in [0.3, 0.4) is 0 Å². The molecule has 0 aliphatic heterocycles. The van der Waals surface area contributed by atoms with E-state index in [-0.39, 0.29) is 28.6 Å². The molecular formula is C14H9ClN4O4. The number of aromatic hydroxyl groups is 1. The Labute approximate surface area is 134 Å². The van der Waals surface area contributed by atoms with Crippen LogP contribution in [0.25, 0.3) is 16.9 Å². The predicted molar refractivity (Wildman–Crippen MR) is 80.6 cm³/mol. The molecule has 0 atom stereocenters. The Bertz CT molecular complexity index is 892. The van der Waals surface area contributed by atoms with E-state index in [1.807, 2.05) is 0 Å². The van der Waals surface area contributed by atoms with Crippen LogP contribution < -0.4 is 4.74 Å². The van der Waals surface area contributed by atoms with Gasteiger partial charge in [-0.05, 0) is 12.1 Å². The van der Waals surface area contributed by atoms with Crippen molar-refractivity contribution in [1.29, 1.82) is 0 Å². The summed E-state index contributed by atoms with van der Waals surface area (Å²) in [6.45, 7) is 3.27. The molecule has 9 heteroatoms. The molecule has 3 aromatic rings. The number of halogens is 1. The number of ether oxygens (including phenoxy) is 2. The SMILES string of the molecule is C=COC(=O)Oc1c2nccnc2c(O)n1-c1ccc(Cl)cn1. The smallest absolute Gasteiger partial charge is 0.493 e. The fraction of sp³-hybridized carbons (Fsp3) is 0. The van der Waals surface area contributed by atoms with E-state index in [9.17, 15) is 9.90 Å². The highest BCUT2D eigenvalue weighted by atomic mass is 35.5. The third-order valence-electron chi connectivity index (χ3n) is 2.83. The molecule has 116 valence electrons. The van der Waals surface area contributed by atoms with E-state index in [0.717, 1.165) is 6.26 Å². The summed E-state index contributed by atoms with van der Waals surface area (Å²) in [6, 6.07) is 3.10. The second-order valence-corrected chi connectivity index (χ2v) is 4.63. The summed E-state index contributed by atoms with van der Waals surface area (Å²) in [5.74, 6) is -0.121. The molecule has 0 amide bonds. The van der Waals surface area contributed by atoms with Crippen molar-refractivity contribution in [3.63, 3.8) is 0 Å². The summed E-state index contributed by atoms with van der Waals surface area (Å²) in [5, 5.41) is 10.8. The van der Waals surface area contributed by atoms with Crippen LogP contribution in [0.4, 0.5) is 4.79 Å². The molecule has 0 aliphatic carbocycles. The van der Waals surface area contributed by atoms with Gasteiger partial charge in [0.1, 0.15) is 5.82 Å². The maximum absolute atomic E-state index is 11.6. The van der Waals surface area contributed by atoms with Crippen LogP contribution in [0.15, 0.2) is 43.6 Å². The minimum absolute atomic E-state index is 0.0905. The number of fused-ring (bicyclic) bond motifs is 1. The Kier molecular flexibility index (Phi) is 3.82. The van der Waals surface area contributed by atoms with Gasteiger partial charge in [-0.15, -0.1) is 0 Å². The Morgan fingerprint density at radius 1 is 1.26 bits per heavy atom. The van der Waals surface area contributed by atoms with Crippen LogP contribution in [-0.2, 0) is 4.74 Å². The Morgan fingerprint density at radius 3 is 2.65 bits per heavy atom. The molecule has 23 heavy (non-hydrogen) atoms. The van der Waals surface area contributed by atoms with Crippen LogP contribution in [0.1, 0.15) is 0 Å². The highest BCUT2D eigenvalue weighted by Gasteiger charge is 2.24. The predicted octanol–water partition coefficient (Wildman–Crippen LogP) is 2.83. The molecule has 0 aliphatic rings. The van der Waals surface area contributed by atoms with Gasteiger partial charge in [0, 0.05) is 18.6 Å². The molecule has 0 bridgehead atoms. The number of carbonyl (C=O) groups is 1. The first-order valence-corrected chi connectivity index (χ1v) is 6.65. The first kappa shape index (κ1) is 14.8. The van der Waals surface area contributed by atoms with E-state index in [1.165, 1.54) is 29.2 Å². The van der Waals surface area contributed by atoms with Gasteiger partial charge in [-0.1, -0.05) is 18.2 Å². The first-order chi connectivity index (χ1) is 11.1. The molecule has 8 nitrogen and oxygen atoms in total. The van der Waals surface area contributed by atoms with Gasteiger partial charge in [0.25, 0.3) is 0 Å². The van der Waals surface area contributed by atoms with Crippen LogP contribution in [0.2, 0.25) is 5.02 Å². The third-order valence-corrected chi connectivity index (χ3v) is 3.05. The van der Waals surface area contributed by atoms with Crippen molar-refractivity contribution in [1.82, 2.24) is 19.5 Å². The van der Waals surface area contributed by atoms with Crippen molar-refractivity contribution in [2.75, 3.05) is 0 Å². The lowest BCUT2D eigenvalue weighted by Crippen LogP contribution is -2.10. The van der Waals surface area contributed by atoms with Crippen molar-refractivity contribution in [2.45, 2.75) is 0 Å². The first-order valence-electron chi connectivity index (χ1n) is 6.27. The summed E-state index contributed by atoms with van der Waals surface area (Å²) >= 11 is 5.81. The fourth-order valence-electron chi connectivity index (χ4n) is 1.94. The second-order valence-electron chi connectivity index (χ2n) is 4.19. The zero-order chi connectivity index (χ0) is 16.4. The van der Waals surface area contributed by atoms with Gasteiger partial charge in [-0.25, -0.2) is 24.3 Å². The zero-order valence-corrected chi connectivity index (χ0v) is 12.3.